The summed E-state index contributed by atoms with van der Waals surface area (Å²) in [5.41, 5.74) is 4.63. The van der Waals surface area contributed by atoms with Crippen LogP contribution in [0.3, 0.4) is 0 Å². The van der Waals surface area contributed by atoms with Gasteiger partial charge in [-0.3, -0.25) is 4.90 Å². The molecule has 27 heavy (non-hydrogen) atoms. The molecule has 1 aromatic carbocycles. The van der Waals surface area contributed by atoms with E-state index in [4.69, 9.17) is 9.47 Å². The number of ether oxygens (including phenoxy) is 2. The molecule has 0 radical (unpaired) electrons. The second-order valence-electron chi connectivity index (χ2n) is 7.63. The van der Waals surface area contributed by atoms with E-state index >= 15 is 0 Å². The minimum Gasteiger partial charge on any atom is -0.504 e. The van der Waals surface area contributed by atoms with Gasteiger partial charge < -0.3 is 14.5 Å². The van der Waals surface area contributed by atoms with Crippen molar-refractivity contribution in [2.45, 2.75) is 32.2 Å². The van der Waals surface area contributed by atoms with Crippen LogP contribution in [0, 0.1) is 11.8 Å². The number of nitrogens with zero attached hydrogens (tertiary/aromatic N) is 1. The van der Waals surface area contributed by atoms with E-state index in [1.165, 1.54) is 29.3 Å². The molecule has 4 rings (SSSR count). The van der Waals surface area contributed by atoms with Crippen LogP contribution < -0.4 is 0 Å². The first-order valence-electron chi connectivity index (χ1n) is 9.82. The summed E-state index contributed by atoms with van der Waals surface area (Å²) in [6.07, 6.45) is 4.60. The first-order chi connectivity index (χ1) is 13.2. The summed E-state index contributed by atoms with van der Waals surface area (Å²) in [6, 6.07) is 8.85. The molecule has 5 nitrogen and oxygen atoms in total. The molecule has 1 aromatic heterocycles. The predicted octanol–water partition coefficient (Wildman–Crippen LogP) is 3.82. The quantitative estimate of drug-likeness (QED) is 0.506. The van der Waals surface area contributed by atoms with Gasteiger partial charge in [-0.1, -0.05) is 31.5 Å². The molecule has 1 fully saturated rings. The van der Waals surface area contributed by atoms with Crippen LogP contribution in [0.2, 0.25) is 0 Å². The maximum atomic E-state index is 12.4. The summed E-state index contributed by atoms with van der Waals surface area (Å²) in [7, 11) is 3.04. The molecular weight excluding hydrogens is 340 g/mol. The van der Waals surface area contributed by atoms with Crippen LogP contribution in [-0.4, -0.2) is 43.2 Å². The molecule has 1 saturated heterocycles. The Morgan fingerprint density at radius 1 is 1.33 bits per heavy atom. The Morgan fingerprint density at radius 2 is 2.15 bits per heavy atom. The summed E-state index contributed by atoms with van der Waals surface area (Å²) in [4.78, 5) is 18.7. The lowest BCUT2D eigenvalue weighted by molar-refractivity contribution is -0.137. The highest BCUT2D eigenvalue weighted by Gasteiger charge is 2.42. The molecule has 0 amide bonds. The van der Waals surface area contributed by atoms with E-state index in [0.717, 1.165) is 32.4 Å². The van der Waals surface area contributed by atoms with E-state index in [0.29, 0.717) is 17.5 Å². The van der Waals surface area contributed by atoms with Gasteiger partial charge in [-0.05, 0) is 36.3 Å². The van der Waals surface area contributed by atoms with Crippen molar-refractivity contribution < 1.29 is 14.3 Å². The number of para-hydroxylation sites is 1. The third-order valence-corrected chi connectivity index (χ3v) is 6.37. The lowest BCUT2D eigenvalue weighted by atomic mass is 9.74. The van der Waals surface area contributed by atoms with Crippen LogP contribution >= 0.6 is 0 Å². The second-order valence-corrected chi connectivity index (χ2v) is 7.63. The Kier molecular flexibility index (Phi) is 4.96. The Balaban J connectivity index is 1.73. The molecule has 3 heterocycles. The van der Waals surface area contributed by atoms with Crippen molar-refractivity contribution in [2.75, 3.05) is 27.3 Å². The number of hydrogen-bond acceptors (Lipinski definition) is 4. The monoisotopic (exact) mass is 368 g/mol. The number of hydrogen-bond donors (Lipinski definition) is 1. The number of carbonyl (C=O) groups excluding carboxylic acids is 1. The largest absolute Gasteiger partial charge is 0.504 e. The standard InChI is InChI=1S/C22H28N2O3/c1-4-14-12-24-10-9-16-15-7-5-6-8-19(15)23-21(16)20(24)11-17(14)18(13-26-2)22(25)27-3/h5-8,13-14,17,20,23H,4,9-12H2,1-3H3/b18-13-/t14-,17+,20+/m1/s1. The molecule has 3 atom stereocenters. The van der Waals surface area contributed by atoms with Gasteiger partial charge in [-0.15, -0.1) is 0 Å². The van der Waals surface area contributed by atoms with Crippen molar-refractivity contribution in [3.8, 4) is 0 Å². The van der Waals surface area contributed by atoms with Crippen LogP contribution in [0.4, 0.5) is 0 Å². The van der Waals surface area contributed by atoms with E-state index in [-0.39, 0.29) is 11.9 Å². The van der Waals surface area contributed by atoms with E-state index in [2.05, 4.69) is 41.1 Å². The van der Waals surface area contributed by atoms with E-state index < -0.39 is 0 Å². The average Bonchev–Trinajstić information content (AvgIpc) is 3.09. The topological polar surface area (TPSA) is 54.6 Å². The number of aromatic nitrogens is 1. The predicted molar refractivity (Wildman–Crippen MR) is 105 cm³/mol. The molecule has 0 spiro atoms. The van der Waals surface area contributed by atoms with Crippen LogP contribution in [-0.2, 0) is 20.7 Å². The van der Waals surface area contributed by atoms with Crippen molar-refractivity contribution in [2.24, 2.45) is 11.8 Å². The fraction of sp³-hybridized carbons (Fsp3) is 0.500. The summed E-state index contributed by atoms with van der Waals surface area (Å²) in [5, 5.41) is 1.34. The third-order valence-electron chi connectivity index (χ3n) is 6.37. The second kappa shape index (κ2) is 7.39. The first-order valence-corrected chi connectivity index (χ1v) is 9.82. The normalized spacial score (nSPS) is 25.7. The number of piperidine rings is 1. The molecule has 1 N–H and O–H groups in total. The number of benzene rings is 1. The van der Waals surface area contributed by atoms with Gasteiger partial charge >= 0.3 is 5.97 Å². The van der Waals surface area contributed by atoms with Crippen molar-refractivity contribution in [3.05, 3.63) is 47.4 Å². The molecular formula is C22H28N2O3. The van der Waals surface area contributed by atoms with Gasteiger partial charge in [0, 0.05) is 29.7 Å². The van der Waals surface area contributed by atoms with Gasteiger partial charge in [0.1, 0.15) is 0 Å². The van der Waals surface area contributed by atoms with Crippen molar-refractivity contribution in [1.29, 1.82) is 0 Å². The lowest BCUT2D eigenvalue weighted by Crippen LogP contribution is -2.47. The van der Waals surface area contributed by atoms with Gasteiger partial charge in [-0.2, -0.15) is 0 Å². The fourth-order valence-electron chi connectivity index (χ4n) is 5.04. The van der Waals surface area contributed by atoms with Crippen molar-refractivity contribution >= 4 is 16.9 Å². The number of fused-ring (bicyclic) bond motifs is 5. The highest BCUT2D eigenvalue weighted by Crippen LogP contribution is 2.45. The SMILES string of the molecule is CC[C@@H]1CN2CCc3c([nH]c4ccccc34)[C@@H]2C[C@@H]1/C(=C/OC)C(=O)OC. The first kappa shape index (κ1) is 18.1. The zero-order chi connectivity index (χ0) is 19.0. The van der Waals surface area contributed by atoms with Crippen LogP contribution in [0.5, 0.6) is 0 Å². The van der Waals surface area contributed by atoms with E-state index in [1.54, 1.807) is 13.4 Å². The maximum Gasteiger partial charge on any atom is 0.337 e. The minimum absolute atomic E-state index is 0.140. The third kappa shape index (κ3) is 3.04. The number of aromatic amines is 1. The summed E-state index contributed by atoms with van der Waals surface area (Å²) < 4.78 is 10.3. The molecule has 5 heteroatoms. The van der Waals surface area contributed by atoms with E-state index in [9.17, 15) is 4.79 Å². The van der Waals surface area contributed by atoms with Crippen LogP contribution in [0.1, 0.15) is 37.1 Å². The molecule has 2 aliphatic rings. The number of rotatable bonds is 4. The number of carbonyl (C=O) groups is 1. The summed E-state index contributed by atoms with van der Waals surface area (Å²) >= 11 is 0. The maximum absolute atomic E-state index is 12.4. The fourth-order valence-corrected chi connectivity index (χ4v) is 5.04. The van der Waals surface area contributed by atoms with Crippen molar-refractivity contribution in [3.63, 3.8) is 0 Å². The molecule has 0 aliphatic carbocycles. The molecule has 144 valence electrons. The Morgan fingerprint density at radius 3 is 2.89 bits per heavy atom. The smallest absolute Gasteiger partial charge is 0.337 e. The average molecular weight is 368 g/mol. The molecule has 2 aromatic rings. The summed E-state index contributed by atoms with van der Waals surface area (Å²) in [5.74, 6) is 0.287. The number of esters is 1. The molecule has 0 unspecified atom stereocenters. The minimum atomic E-state index is -0.276. The highest BCUT2D eigenvalue weighted by atomic mass is 16.5. The lowest BCUT2D eigenvalue weighted by Gasteiger charge is -2.46. The van der Waals surface area contributed by atoms with Gasteiger partial charge in [0.2, 0.25) is 0 Å². The number of H-pyrrole nitrogens is 1. The summed E-state index contributed by atoms with van der Waals surface area (Å²) in [6.45, 7) is 4.28. The zero-order valence-corrected chi connectivity index (χ0v) is 16.3. The van der Waals surface area contributed by atoms with Crippen LogP contribution in [0.15, 0.2) is 36.1 Å². The van der Waals surface area contributed by atoms with Crippen molar-refractivity contribution in [1.82, 2.24) is 9.88 Å². The van der Waals surface area contributed by atoms with Gasteiger partial charge in [0.25, 0.3) is 0 Å². The number of methoxy groups -OCH3 is 2. The molecule has 0 saturated carbocycles. The molecule has 2 aliphatic heterocycles. The highest BCUT2D eigenvalue weighted by molar-refractivity contribution is 5.89. The van der Waals surface area contributed by atoms with Gasteiger partial charge in [0.15, 0.2) is 0 Å². The van der Waals surface area contributed by atoms with Gasteiger partial charge in [0.05, 0.1) is 32.1 Å². The molecule has 0 bridgehead atoms. The Labute approximate surface area is 160 Å². The zero-order valence-electron chi connectivity index (χ0n) is 16.3. The van der Waals surface area contributed by atoms with E-state index in [1.807, 2.05) is 0 Å². The van der Waals surface area contributed by atoms with Gasteiger partial charge in [-0.25, -0.2) is 4.79 Å². The number of nitrogens with one attached hydrogen (secondary N) is 1. The van der Waals surface area contributed by atoms with Crippen LogP contribution in [0.25, 0.3) is 10.9 Å². The Hall–Kier alpha value is -2.27. The Bertz CT molecular complexity index is 870.